The summed E-state index contributed by atoms with van der Waals surface area (Å²) in [4.78, 5) is 44.4. The lowest BCUT2D eigenvalue weighted by Crippen LogP contribution is -2.54. The normalized spacial score (nSPS) is 15.5. The molecule has 1 saturated heterocycles. The Morgan fingerprint density at radius 2 is 1.66 bits per heavy atom. The van der Waals surface area contributed by atoms with Gasteiger partial charge in [0, 0.05) is 16.0 Å². The van der Waals surface area contributed by atoms with Gasteiger partial charge in [0.2, 0.25) is 0 Å². The molecule has 1 fully saturated rings. The molecule has 0 saturated carbocycles. The molecule has 0 unspecified atom stereocenters. The summed E-state index contributed by atoms with van der Waals surface area (Å²) in [5.74, 6) is -1.41. The van der Waals surface area contributed by atoms with E-state index < -0.39 is 17.8 Å². The molecule has 1 aliphatic rings. The topological polar surface area (TPSA) is 79.4 Å². The van der Waals surface area contributed by atoms with Crippen molar-refractivity contribution in [1.29, 1.82) is 0 Å². The largest absolute Gasteiger partial charge is 0.336 e. The van der Waals surface area contributed by atoms with E-state index in [2.05, 4.69) is 10.3 Å². The molecule has 7 heteroatoms. The van der Waals surface area contributed by atoms with Crippen molar-refractivity contribution in [2.24, 2.45) is 0 Å². The van der Waals surface area contributed by atoms with Gasteiger partial charge in [-0.15, -0.1) is 0 Å². The summed E-state index contributed by atoms with van der Waals surface area (Å²) in [6.45, 7) is 0. The number of imide groups is 2. The highest BCUT2D eigenvalue weighted by atomic mass is 32.2. The first-order valence-electron chi connectivity index (χ1n) is 8.77. The van der Waals surface area contributed by atoms with Crippen LogP contribution in [0.4, 0.5) is 10.5 Å². The summed E-state index contributed by atoms with van der Waals surface area (Å²) in [5.41, 5.74) is 0.884. The van der Waals surface area contributed by atoms with Gasteiger partial charge in [-0.3, -0.25) is 19.9 Å². The predicted molar refractivity (Wildman–Crippen MR) is 110 cm³/mol. The first-order valence-corrected chi connectivity index (χ1v) is 9.58. The molecule has 3 aromatic rings. The summed E-state index contributed by atoms with van der Waals surface area (Å²) < 4.78 is 0. The first kappa shape index (κ1) is 18.6. The molecule has 0 radical (unpaired) electrons. The fourth-order valence-electron chi connectivity index (χ4n) is 2.84. The number of hydrogen-bond donors (Lipinski definition) is 1. The molecule has 4 amide bonds. The molecule has 0 bridgehead atoms. The second kappa shape index (κ2) is 8.12. The maximum absolute atomic E-state index is 13.0. The molecule has 0 atom stereocenters. The lowest BCUT2D eigenvalue weighted by molar-refractivity contribution is -0.122. The number of rotatable bonds is 4. The van der Waals surface area contributed by atoms with Gasteiger partial charge in [0.25, 0.3) is 11.8 Å². The fraction of sp³-hybridized carbons (Fsp3) is 0. The zero-order valence-electron chi connectivity index (χ0n) is 15.1. The lowest BCUT2D eigenvalue weighted by Gasteiger charge is -2.26. The molecular formula is C22H15N3O3S. The van der Waals surface area contributed by atoms with Crippen molar-refractivity contribution in [3.63, 3.8) is 0 Å². The van der Waals surface area contributed by atoms with Crippen molar-refractivity contribution in [1.82, 2.24) is 10.3 Å². The monoisotopic (exact) mass is 401 g/mol. The summed E-state index contributed by atoms with van der Waals surface area (Å²) in [6.07, 6.45) is 4.44. The van der Waals surface area contributed by atoms with Gasteiger partial charge in [0.05, 0.1) is 11.9 Å². The van der Waals surface area contributed by atoms with Crippen LogP contribution < -0.4 is 10.2 Å². The van der Waals surface area contributed by atoms with Gasteiger partial charge >= 0.3 is 6.03 Å². The van der Waals surface area contributed by atoms with Crippen LogP contribution in [0.25, 0.3) is 6.08 Å². The van der Waals surface area contributed by atoms with Crippen LogP contribution in [0.3, 0.4) is 0 Å². The smallest absolute Gasteiger partial charge is 0.273 e. The van der Waals surface area contributed by atoms with Gasteiger partial charge < -0.3 is 0 Å². The number of nitrogens with zero attached hydrogens (tertiary/aromatic N) is 2. The van der Waals surface area contributed by atoms with Gasteiger partial charge in [0.1, 0.15) is 5.57 Å². The van der Waals surface area contributed by atoms with E-state index >= 15 is 0 Å². The van der Waals surface area contributed by atoms with Crippen molar-refractivity contribution in [3.05, 3.63) is 90.3 Å². The van der Waals surface area contributed by atoms with E-state index in [9.17, 15) is 14.4 Å². The maximum Gasteiger partial charge on any atom is 0.336 e. The van der Waals surface area contributed by atoms with Crippen LogP contribution in [-0.4, -0.2) is 22.8 Å². The fourth-order valence-corrected chi connectivity index (χ4v) is 3.78. The van der Waals surface area contributed by atoms with Crippen LogP contribution in [0.2, 0.25) is 0 Å². The molecule has 1 aliphatic heterocycles. The molecule has 0 aliphatic carbocycles. The molecule has 2 aromatic carbocycles. The van der Waals surface area contributed by atoms with E-state index in [1.165, 1.54) is 30.2 Å². The van der Waals surface area contributed by atoms with Crippen molar-refractivity contribution < 1.29 is 14.4 Å². The molecule has 6 nitrogen and oxygen atoms in total. The zero-order chi connectivity index (χ0) is 20.2. The van der Waals surface area contributed by atoms with Gasteiger partial charge in [-0.2, -0.15) is 0 Å². The summed E-state index contributed by atoms with van der Waals surface area (Å²) in [7, 11) is 0. The molecule has 1 aromatic heterocycles. The van der Waals surface area contributed by atoms with Crippen LogP contribution in [0, 0.1) is 0 Å². The Hall–Kier alpha value is -3.71. The second-order valence-corrected chi connectivity index (χ2v) is 7.24. The van der Waals surface area contributed by atoms with E-state index in [4.69, 9.17) is 0 Å². The second-order valence-electron chi connectivity index (χ2n) is 6.12. The summed E-state index contributed by atoms with van der Waals surface area (Å²) >= 11 is 1.52. The molecule has 142 valence electrons. The van der Waals surface area contributed by atoms with Crippen LogP contribution in [-0.2, 0) is 9.59 Å². The predicted octanol–water partition coefficient (Wildman–Crippen LogP) is 3.90. The molecule has 29 heavy (non-hydrogen) atoms. The highest BCUT2D eigenvalue weighted by Crippen LogP contribution is 2.32. The third-order valence-electron chi connectivity index (χ3n) is 4.20. The highest BCUT2D eigenvalue weighted by Gasteiger charge is 2.37. The van der Waals surface area contributed by atoms with Gasteiger partial charge in [-0.05, 0) is 42.0 Å². The summed E-state index contributed by atoms with van der Waals surface area (Å²) in [6, 6.07) is 19.6. The van der Waals surface area contributed by atoms with Crippen LogP contribution in [0.1, 0.15) is 5.56 Å². The minimum atomic E-state index is -0.794. The first-order chi connectivity index (χ1) is 14.1. The van der Waals surface area contributed by atoms with Crippen molar-refractivity contribution in [2.45, 2.75) is 9.79 Å². The van der Waals surface area contributed by atoms with Crippen molar-refractivity contribution in [2.75, 3.05) is 4.90 Å². The number of anilines is 1. The van der Waals surface area contributed by atoms with Crippen LogP contribution in [0.5, 0.6) is 0 Å². The Balaban J connectivity index is 1.71. The molecular weight excluding hydrogens is 386 g/mol. The number of hydrogen-bond acceptors (Lipinski definition) is 5. The molecule has 4 rings (SSSR count). The minimum absolute atomic E-state index is 0.116. The number of carbonyl (C=O) groups excluding carboxylic acids is 3. The summed E-state index contributed by atoms with van der Waals surface area (Å²) in [5, 5.41) is 2.22. The van der Waals surface area contributed by atoms with Gasteiger partial charge in [0.15, 0.2) is 0 Å². The number of nitrogens with one attached hydrogen (secondary N) is 1. The Labute approximate surface area is 171 Å². The SMILES string of the molecule is O=C1NC(=O)N(c2cccnc2)C(=O)/C1=C\c1ccccc1Sc1ccccc1. The van der Waals surface area contributed by atoms with E-state index in [0.717, 1.165) is 14.7 Å². The molecule has 2 heterocycles. The third-order valence-corrected chi connectivity index (χ3v) is 5.30. The Bertz CT molecular complexity index is 1110. The number of carbonyl (C=O) groups is 3. The standard InChI is InChI=1S/C22H15N3O3S/c26-20-18(21(27)25(22(28)24-20)16-8-6-12-23-14-16)13-15-7-4-5-11-19(15)29-17-9-2-1-3-10-17/h1-14H,(H,24,26,28)/b18-13-. The highest BCUT2D eigenvalue weighted by molar-refractivity contribution is 7.99. The number of benzene rings is 2. The Morgan fingerprint density at radius 3 is 2.41 bits per heavy atom. The number of amides is 4. The Kier molecular flexibility index (Phi) is 5.22. The minimum Gasteiger partial charge on any atom is -0.273 e. The molecule has 1 N–H and O–H groups in total. The van der Waals surface area contributed by atoms with Crippen molar-refractivity contribution in [3.8, 4) is 0 Å². The third kappa shape index (κ3) is 3.95. The zero-order valence-corrected chi connectivity index (χ0v) is 15.9. The van der Waals surface area contributed by atoms with E-state index in [-0.39, 0.29) is 5.57 Å². The van der Waals surface area contributed by atoms with Gasteiger partial charge in [-0.25, -0.2) is 9.69 Å². The number of urea groups is 1. The van der Waals surface area contributed by atoms with Gasteiger partial charge in [-0.1, -0.05) is 48.2 Å². The quantitative estimate of drug-likeness (QED) is 0.530. The lowest BCUT2D eigenvalue weighted by atomic mass is 10.1. The van der Waals surface area contributed by atoms with E-state index in [0.29, 0.717) is 11.3 Å². The Morgan fingerprint density at radius 1 is 0.897 bits per heavy atom. The van der Waals surface area contributed by atoms with Crippen LogP contribution in [0.15, 0.2) is 94.5 Å². The van der Waals surface area contributed by atoms with Crippen LogP contribution >= 0.6 is 11.8 Å². The average molecular weight is 401 g/mol. The average Bonchev–Trinajstić information content (AvgIpc) is 2.74. The van der Waals surface area contributed by atoms with Crippen molar-refractivity contribution >= 4 is 41.4 Å². The number of barbiturate groups is 1. The maximum atomic E-state index is 13.0. The van der Waals surface area contributed by atoms with E-state index in [1.54, 1.807) is 12.1 Å². The number of pyridine rings is 1. The molecule has 0 spiro atoms. The van der Waals surface area contributed by atoms with E-state index in [1.807, 2.05) is 54.6 Å². The number of aromatic nitrogens is 1.